The van der Waals surface area contributed by atoms with Gasteiger partial charge in [0.15, 0.2) is 0 Å². The first-order chi connectivity index (χ1) is 7.49. The minimum Gasteiger partial charge on any atom is -0.267 e. The maximum atomic E-state index is 11.0. The van der Waals surface area contributed by atoms with Crippen LogP contribution < -0.4 is 0 Å². The summed E-state index contributed by atoms with van der Waals surface area (Å²) in [5.41, 5.74) is 0.537. The average molecular weight is 246 g/mol. The molecule has 0 radical (unpaired) electrons. The average Bonchev–Trinajstić information content (AvgIpc) is 2.22. The summed E-state index contributed by atoms with van der Waals surface area (Å²) < 4.78 is 27.2. The molecule has 0 aromatic heterocycles. The molecule has 0 aromatic rings. The second-order valence-corrected chi connectivity index (χ2v) is 7.16. The van der Waals surface area contributed by atoms with Gasteiger partial charge in [0, 0.05) is 0 Å². The molecule has 2 saturated carbocycles. The van der Waals surface area contributed by atoms with Crippen molar-refractivity contribution in [3.63, 3.8) is 0 Å². The second kappa shape index (κ2) is 4.65. The maximum Gasteiger partial charge on any atom is 0.264 e. The van der Waals surface area contributed by atoms with Gasteiger partial charge < -0.3 is 0 Å². The summed E-state index contributed by atoms with van der Waals surface area (Å²) in [4.78, 5) is 0. The zero-order valence-electron chi connectivity index (χ0n) is 10.1. The van der Waals surface area contributed by atoms with Crippen molar-refractivity contribution in [3.05, 3.63) is 0 Å². The minimum atomic E-state index is -3.27. The molecule has 16 heavy (non-hydrogen) atoms. The molecule has 0 heterocycles. The summed E-state index contributed by atoms with van der Waals surface area (Å²) >= 11 is 0. The van der Waals surface area contributed by atoms with E-state index in [9.17, 15) is 8.42 Å². The Bertz CT molecular complexity index is 318. The molecular weight excluding hydrogens is 224 g/mol. The third-order valence-electron chi connectivity index (χ3n) is 4.22. The van der Waals surface area contributed by atoms with Gasteiger partial charge in [-0.25, -0.2) is 0 Å². The van der Waals surface area contributed by atoms with Crippen LogP contribution in [0, 0.1) is 5.41 Å². The van der Waals surface area contributed by atoms with Gasteiger partial charge in [-0.2, -0.15) is 8.42 Å². The molecule has 0 bridgehead atoms. The number of rotatable bonds is 2. The van der Waals surface area contributed by atoms with Gasteiger partial charge >= 0.3 is 0 Å². The smallest absolute Gasteiger partial charge is 0.264 e. The van der Waals surface area contributed by atoms with E-state index in [0.717, 1.165) is 31.9 Å². The summed E-state index contributed by atoms with van der Waals surface area (Å²) in [6.07, 6.45) is 12.1. The highest BCUT2D eigenvalue weighted by molar-refractivity contribution is 7.86. The van der Waals surface area contributed by atoms with Crippen LogP contribution in [-0.4, -0.2) is 20.8 Å². The highest BCUT2D eigenvalue weighted by Gasteiger charge is 2.37. The predicted molar refractivity (Wildman–Crippen MR) is 63.7 cm³/mol. The molecule has 0 atom stereocenters. The van der Waals surface area contributed by atoms with Gasteiger partial charge in [0.1, 0.15) is 0 Å². The lowest BCUT2D eigenvalue weighted by Crippen LogP contribution is -2.33. The molecule has 0 unspecified atom stereocenters. The summed E-state index contributed by atoms with van der Waals surface area (Å²) in [7, 11) is -3.27. The van der Waals surface area contributed by atoms with Crippen molar-refractivity contribution in [1.82, 2.24) is 0 Å². The van der Waals surface area contributed by atoms with E-state index in [2.05, 4.69) is 0 Å². The quantitative estimate of drug-likeness (QED) is 0.704. The van der Waals surface area contributed by atoms with Crippen molar-refractivity contribution in [2.75, 3.05) is 6.26 Å². The van der Waals surface area contributed by atoms with E-state index in [0.29, 0.717) is 5.41 Å². The first-order valence-electron chi connectivity index (χ1n) is 6.37. The van der Waals surface area contributed by atoms with E-state index >= 15 is 0 Å². The van der Waals surface area contributed by atoms with Crippen LogP contribution in [0.5, 0.6) is 0 Å². The van der Waals surface area contributed by atoms with Gasteiger partial charge in [0.25, 0.3) is 10.1 Å². The van der Waals surface area contributed by atoms with E-state index in [1.54, 1.807) is 0 Å². The van der Waals surface area contributed by atoms with Crippen molar-refractivity contribution in [1.29, 1.82) is 0 Å². The Labute approximate surface area is 98.7 Å². The van der Waals surface area contributed by atoms with Gasteiger partial charge in [-0.3, -0.25) is 4.18 Å². The summed E-state index contributed by atoms with van der Waals surface area (Å²) in [6.45, 7) is 0. The third-order valence-corrected chi connectivity index (χ3v) is 4.84. The van der Waals surface area contributed by atoms with Gasteiger partial charge in [-0.05, 0) is 43.9 Å². The van der Waals surface area contributed by atoms with E-state index in [1.807, 2.05) is 0 Å². The molecule has 4 heteroatoms. The molecule has 1 spiro atoms. The molecule has 2 aliphatic carbocycles. The van der Waals surface area contributed by atoms with E-state index < -0.39 is 10.1 Å². The lowest BCUT2D eigenvalue weighted by atomic mass is 9.65. The topological polar surface area (TPSA) is 43.4 Å². The van der Waals surface area contributed by atoms with Crippen molar-refractivity contribution in [3.8, 4) is 0 Å². The summed E-state index contributed by atoms with van der Waals surface area (Å²) in [5.74, 6) is 0. The Morgan fingerprint density at radius 1 is 1.00 bits per heavy atom. The van der Waals surface area contributed by atoms with Gasteiger partial charge in [0.05, 0.1) is 12.4 Å². The lowest BCUT2D eigenvalue weighted by molar-refractivity contribution is 0.0559. The molecule has 2 aliphatic rings. The van der Waals surface area contributed by atoms with Crippen molar-refractivity contribution in [2.45, 2.75) is 63.9 Å². The van der Waals surface area contributed by atoms with E-state index in [1.165, 1.54) is 32.1 Å². The summed E-state index contributed by atoms with van der Waals surface area (Å²) in [5, 5.41) is 0. The molecule has 0 aliphatic heterocycles. The Hall–Kier alpha value is -0.0900. The highest BCUT2D eigenvalue weighted by Crippen LogP contribution is 2.47. The first kappa shape index (κ1) is 12.4. The Morgan fingerprint density at radius 2 is 1.56 bits per heavy atom. The van der Waals surface area contributed by atoms with Gasteiger partial charge in [-0.1, -0.05) is 19.3 Å². The Morgan fingerprint density at radius 3 is 2.06 bits per heavy atom. The highest BCUT2D eigenvalue weighted by atomic mass is 32.2. The summed E-state index contributed by atoms with van der Waals surface area (Å²) in [6, 6.07) is 0. The van der Waals surface area contributed by atoms with Crippen LogP contribution >= 0.6 is 0 Å². The molecule has 0 saturated heterocycles. The van der Waals surface area contributed by atoms with Crippen LogP contribution in [0.4, 0.5) is 0 Å². The molecule has 0 N–H and O–H groups in total. The first-order valence-corrected chi connectivity index (χ1v) is 8.19. The Balaban J connectivity index is 1.86. The molecule has 3 nitrogen and oxygen atoms in total. The fraction of sp³-hybridized carbons (Fsp3) is 1.00. The third kappa shape index (κ3) is 3.20. The maximum absolute atomic E-state index is 11.0. The minimum absolute atomic E-state index is 0.0532. The predicted octanol–water partition coefficient (Wildman–Crippen LogP) is 2.86. The normalized spacial score (nSPS) is 27.1. The fourth-order valence-electron chi connectivity index (χ4n) is 3.35. The van der Waals surface area contributed by atoms with Crippen LogP contribution in [0.2, 0.25) is 0 Å². The van der Waals surface area contributed by atoms with Gasteiger partial charge in [0.2, 0.25) is 0 Å². The van der Waals surface area contributed by atoms with E-state index in [-0.39, 0.29) is 6.10 Å². The largest absolute Gasteiger partial charge is 0.267 e. The monoisotopic (exact) mass is 246 g/mol. The zero-order chi connectivity index (χ0) is 11.6. The van der Waals surface area contributed by atoms with Crippen molar-refractivity contribution in [2.24, 2.45) is 5.41 Å². The van der Waals surface area contributed by atoms with Crippen molar-refractivity contribution >= 4 is 10.1 Å². The zero-order valence-corrected chi connectivity index (χ0v) is 10.9. The molecule has 2 fully saturated rings. The Kier molecular flexibility index (Phi) is 3.59. The standard InChI is InChI=1S/C12H22O3S/c1-16(13,14)15-11-5-9-12(10-6-11)7-3-2-4-8-12/h11H,2-10H2,1H3. The van der Waals surface area contributed by atoms with Crippen LogP contribution in [0.25, 0.3) is 0 Å². The van der Waals surface area contributed by atoms with Crippen LogP contribution in [0.3, 0.4) is 0 Å². The number of hydrogen-bond donors (Lipinski definition) is 0. The van der Waals surface area contributed by atoms with Gasteiger partial charge in [-0.15, -0.1) is 0 Å². The van der Waals surface area contributed by atoms with E-state index in [4.69, 9.17) is 4.18 Å². The molecule has 0 amide bonds. The van der Waals surface area contributed by atoms with Crippen molar-refractivity contribution < 1.29 is 12.6 Å². The lowest BCUT2D eigenvalue weighted by Gasteiger charge is -2.42. The fourth-order valence-corrected chi connectivity index (χ4v) is 4.04. The molecule has 94 valence electrons. The van der Waals surface area contributed by atoms with Crippen LogP contribution in [0.1, 0.15) is 57.8 Å². The second-order valence-electron chi connectivity index (χ2n) is 5.56. The number of hydrogen-bond acceptors (Lipinski definition) is 3. The van der Waals surface area contributed by atoms with Crippen LogP contribution in [0.15, 0.2) is 0 Å². The van der Waals surface area contributed by atoms with Crippen LogP contribution in [-0.2, 0) is 14.3 Å². The SMILES string of the molecule is CS(=O)(=O)OC1CCC2(CCCCC2)CC1. The molecule has 0 aromatic carbocycles. The molecular formula is C12H22O3S. The molecule has 2 rings (SSSR count).